The first-order valence-electron chi connectivity index (χ1n) is 9.19. The highest BCUT2D eigenvalue weighted by atomic mass is 35.5. The topological polar surface area (TPSA) is 62.5 Å². The molecule has 0 atom stereocenters. The number of aryl methyl sites for hydroxylation is 1. The average molecular weight is 411 g/mol. The molecular weight excluding hydrogens is 387 g/mol. The Balaban J connectivity index is 1.45. The molecular formula is C19H24Cl2N4O2. The predicted octanol–water partition coefficient (Wildman–Crippen LogP) is 3.78. The summed E-state index contributed by atoms with van der Waals surface area (Å²) < 4.78 is 5.20. The lowest BCUT2D eigenvalue weighted by Gasteiger charge is -2.35. The van der Waals surface area contributed by atoms with Gasteiger partial charge in [0.25, 0.3) is 0 Å². The van der Waals surface area contributed by atoms with E-state index in [0.717, 1.165) is 25.2 Å². The maximum Gasteiger partial charge on any atom is 0.227 e. The first-order chi connectivity index (χ1) is 12.9. The van der Waals surface area contributed by atoms with Gasteiger partial charge >= 0.3 is 0 Å². The van der Waals surface area contributed by atoms with E-state index in [0.29, 0.717) is 47.7 Å². The van der Waals surface area contributed by atoms with E-state index in [9.17, 15) is 4.79 Å². The van der Waals surface area contributed by atoms with E-state index in [-0.39, 0.29) is 11.8 Å². The van der Waals surface area contributed by atoms with Crippen LogP contribution in [0.3, 0.4) is 0 Å². The number of piperazine rings is 1. The van der Waals surface area contributed by atoms with Crippen LogP contribution in [0.4, 0.5) is 0 Å². The van der Waals surface area contributed by atoms with Gasteiger partial charge in [-0.25, -0.2) is 0 Å². The van der Waals surface area contributed by atoms with Crippen LogP contribution >= 0.6 is 23.2 Å². The first-order valence-corrected chi connectivity index (χ1v) is 9.95. The minimum atomic E-state index is 0.125. The molecule has 2 aromatic rings. The van der Waals surface area contributed by atoms with Crippen LogP contribution < -0.4 is 0 Å². The highest BCUT2D eigenvalue weighted by Crippen LogP contribution is 2.26. The molecule has 1 saturated heterocycles. The molecule has 0 N–H and O–H groups in total. The summed E-state index contributed by atoms with van der Waals surface area (Å²) in [6.45, 7) is 7.79. The van der Waals surface area contributed by atoms with Gasteiger partial charge in [0.2, 0.25) is 11.8 Å². The summed E-state index contributed by atoms with van der Waals surface area (Å²) in [4.78, 5) is 21.0. The molecule has 146 valence electrons. The highest BCUT2D eigenvalue weighted by Gasteiger charge is 2.22. The molecule has 8 heteroatoms. The molecule has 1 aliphatic heterocycles. The fraction of sp³-hybridized carbons (Fsp3) is 0.526. The van der Waals surface area contributed by atoms with Crippen LogP contribution in [-0.2, 0) is 17.8 Å². The molecule has 6 nitrogen and oxygen atoms in total. The minimum Gasteiger partial charge on any atom is -0.340 e. The summed E-state index contributed by atoms with van der Waals surface area (Å²) in [6.07, 6.45) is 0.872. The smallest absolute Gasteiger partial charge is 0.227 e. The normalized spacial score (nSPS) is 15.5. The van der Waals surface area contributed by atoms with Crippen molar-refractivity contribution in [3.05, 3.63) is 45.5 Å². The monoisotopic (exact) mass is 410 g/mol. The Morgan fingerprint density at radius 1 is 1.22 bits per heavy atom. The zero-order chi connectivity index (χ0) is 19.4. The fourth-order valence-electron chi connectivity index (χ4n) is 3.04. The Morgan fingerprint density at radius 3 is 2.63 bits per heavy atom. The van der Waals surface area contributed by atoms with Crippen molar-refractivity contribution in [3.8, 4) is 0 Å². The van der Waals surface area contributed by atoms with E-state index < -0.39 is 0 Å². The van der Waals surface area contributed by atoms with Gasteiger partial charge in [0, 0.05) is 51.5 Å². The summed E-state index contributed by atoms with van der Waals surface area (Å²) in [7, 11) is 0. The summed E-state index contributed by atoms with van der Waals surface area (Å²) in [5.74, 6) is 1.56. The van der Waals surface area contributed by atoms with Crippen LogP contribution in [-0.4, -0.2) is 52.0 Å². The van der Waals surface area contributed by atoms with Gasteiger partial charge in [-0.15, -0.1) is 0 Å². The molecule has 1 aliphatic rings. The molecule has 1 aromatic carbocycles. The Labute approximate surface area is 169 Å². The Bertz CT molecular complexity index is 786. The van der Waals surface area contributed by atoms with Gasteiger partial charge in [0.1, 0.15) is 0 Å². The Hall–Kier alpha value is -1.63. The summed E-state index contributed by atoms with van der Waals surface area (Å²) in [5.41, 5.74) is 1.02. The number of hydrogen-bond donors (Lipinski definition) is 0. The van der Waals surface area contributed by atoms with Gasteiger partial charge in [0.15, 0.2) is 5.82 Å². The average Bonchev–Trinajstić information content (AvgIpc) is 3.13. The molecule has 1 amide bonds. The maximum atomic E-state index is 12.5. The van der Waals surface area contributed by atoms with Gasteiger partial charge in [0.05, 0.1) is 10.0 Å². The number of halogens is 2. The second-order valence-corrected chi connectivity index (χ2v) is 7.86. The van der Waals surface area contributed by atoms with Crippen LogP contribution in [0.25, 0.3) is 0 Å². The van der Waals surface area contributed by atoms with E-state index in [1.165, 1.54) is 0 Å². The maximum absolute atomic E-state index is 12.5. The number of carbonyl (C=O) groups excluding carboxylic acids is 1. The van der Waals surface area contributed by atoms with Crippen LogP contribution in [0.2, 0.25) is 10.0 Å². The molecule has 1 fully saturated rings. The second kappa shape index (κ2) is 9.04. The van der Waals surface area contributed by atoms with E-state index in [1.807, 2.05) is 30.9 Å². The van der Waals surface area contributed by atoms with E-state index >= 15 is 0 Å². The third-order valence-electron chi connectivity index (χ3n) is 4.70. The van der Waals surface area contributed by atoms with Gasteiger partial charge < -0.3 is 9.42 Å². The van der Waals surface area contributed by atoms with Gasteiger partial charge in [-0.2, -0.15) is 4.98 Å². The van der Waals surface area contributed by atoms with Crippen molar-refractivity contribution in [1.29, 1.82) is 0 Å². The zero-order valence-electron chi connectivity index (χ0n) is 15.6. The molecule has 0 bridgehead atoms. The first kappa shape index (κ1) is 20.1. The number of rotatable bonds is 6. The standard InChI is InChI=1S/C19H24Cl2N4O2/c1-13(2)19-22-16(27-23-19)6-7-17(26)25-10-8-24(9-11-25)12-14-4-3-5-15(20)18(14)21/h3-5,13H,6-12H2,1-2H3. The van der Waals surface area contributed by atoms with Crippen LogP contribution in [0.1, 0.15) is 43.5 Å². The van der Waals surface area contributed by atoms with Gasteiger partial charge in [-0.1, -0.05) is 54.3 Å². The molecule has 2 heterocycles. The summed E-state index contributed by atoms with van der Waals surface area (Å²) in [6, 6.07) is 5.69. The molecule has 0 radical (unpaired) electrons. The Morgan fingerprint density at radius 2 is 1.96 bits per heavy atom. The molecule has 0 saturated carbocycles. The molecule has 3 rings (SSSR count). The van der Waals surface area contributed by atoms with Crippen molar-refractivity contribution in [2.75, 3.05) is 26.2 Å². The van der Waals surface area contributed by atoms with E-state index in [1.54, 1.807) is 6.07 Å². The number of aromatic nitrogens is 2. The third-order valence-corrected chi connectivity index (χ3v) is 5.56. The predicted molar refractivity (Wildman–Crippen MR) is 105 cm³/mol. The van der Waals surface area contributed by atoms with Crippen LogP contribution in [0, 0.1) is 0 Å². The number of benzene rings is 1. The Kier molecular flexibility index (Phi) is 6.73. The van der Waals surface area contributed by atoms with Gasteiger partial charge in [-0.05, 0) is 11.6 Å². The highest BCUT2D eigenvalue weighted by molar-refractivity contribution is 6.42. The van der Waals surface area contributed by atoms with Crippen molar-refractivity contribution in [1.82, 2.24) is 19.9 Å². The number of amides is 1. The molecule has 0 spiro atoms. The quantitative estimate of drug-likeness (QED) is 0.724. The summed E-state index contributed by atoms with van der Waals surface area (Å²) in [5, 5.41) is 5.11. The van der Waals surface area contributed by atoms with E-state index in [2.05, 4.69) is 15.0 Å². The minimum absolute atomic E-state index is 0.125. The number of carbonyl (C=O) groups is 1. The van der Waals surface area contributed by atoms with Crippen molar-refractivity contribution >= 4 is 29.1 Å². The zero-order valence-corrected chi connectivity index (χ0v) is 17.1. The third kappa shape index (κ3) is 5.21. The number of nitrogens with zero attached hydrogens (tertiary/aromatic N) is 4. The molecule has 1 aromatic heterocycles. The molecule has 27 heavy (non-hydrogen) atoms. The molecule has 0 aliphatic carbocycles. The second-order valence-electron chi connectivity index (χ2n) is 7.07. The SMILES string of the molecule is CC(C)c1noc(CCC(=O)N2CCN(Cc3cccc(Cl)c3Cl)CC2)n1. The van der Waals surface area contributed by atoms with Crippen molar-refractivity contribution in [2.24, 2.45) is 0 Å². The van der Waals surface area contributed by atoms with Crippen LogP contribution in [0.15, 0.2) is 22.7 Å². The van der Waals surface area contributed by atoms with Crippen molar-refractivity contribution in [3.63, 3.8) is 0 Å². The van der Waals surface area contributed by atoms with Crippen molar-refractivity contribution in [2.45, 2.75) is 39.2 Å². The van der Waals surface area contributed by atoms with E-state index in [4.69, 9.17) is 27.7 Å². The lowest BCUT2D eigenvalue weighted by molar-refractivity contribution is -0.133. The largest absolute Gasteiger partial charge is 0.340 e. The lowest BCUT2D eigenvalue weighted by atomic mass is 10.2. The molecule has 0 unspecified atom stereocenters. The van der Waals surface area contributed by atoms with Crippen LogP contribution in [0.5, 0.6) is 0 Å². The number of hydrogen-bond acceptors (Lipinski definition) is 5. The lowest BCUT2D eigenvalue weighted by Crippen LogP contribution is -2.48. The van der Waals surface area contributed by atoms with Crippen molar-refractivity contribution < 1.29 is 9.32 Å². The fourth-order valence-corrected chi connectivity index (χ4v) is 3.42. The summed E-state index contributed by atoms with van der Waals surface area (Å²) >= 11 is 12.3. The van der Waals surface area contributed by atoms with Gasteiger partial charge in [-0.3, -0.25) is 9.69 Å².